The van der Waals surface area contributed by atoms with Crippen molar-refractivity contribution in [3.8, 4) is 0 Å². The molecule has 1 rings (SSSR count). The lowest BCUT2D eigenvalue weighted by Crippen LogP contribution is -2.46. The van der Waals surface area contributed by atoms with E-state index in [0.717, 1.165) is 5.56 Å². The highest BCUT2D eigenvalue weighted by Crippen LogP contribution is 2.05. The van der Waals surface area contributed by atoms with E-state index in [-0.39, 0.29) is 11.6 Å². The first kappa shape index (κ1) is 16.0. The Kier molecular flexibility index (Phi) is 6.59. The lowest BCUT2D eigenvalue weighted by Gasteiger charge is -2.15. The molecular formula is C14H17ClN2O3. The number of carbonyl (C=O) groups is 2. The van der Waals surface area contributed by atoms with E-state index in [9.17, 15) is 9.59 Å². The fourth-order valence-electron chi connectivity index (χ4n) is 1.60. The summed E-state index contributed by atoms with van der Waals surface area (Å²) >= 11 is 5.51. The van der Waals surface area contributed by atoms with Crippen molar-refractivity contribution in [2.75, 3.05) is 6.54 Å². The lowest BCUT2D eigenvalue weighted by atomic mass is 10.1. The molecule has 1 atom stereocenters. The van der Waals surface area contributed by atoms with Gasteiger partial charge in [-0.25, -0.2) is 9.59 Å². The molecule has 0 spiro atoms. The van der Waals surface area contributed by atoms with E-state index in [4.69, 9.17) is 16.7 Å². The van der Waals surface area contributed by atoms with E-state index >= 15 is 0 Å². The minimum atomic E-state index is -1.07. The van der Waals surface area contributed by atoms with Crippen LogP contribution in [0.4, 0.5) is 4.79 Å². The number of carbonyl (C=O) groups excluding carboxylic acids is 1. The quantitative estimate of drug-likeness (QED) is 0.721. The van der Waals surface area contributed by atoms with Crippen molar-refractivity contribution in [1.82, 2.24) is 10.6 Å². The number of hydrogen-bond acceptors (Lipinski definition) is 2. The Morgan fingerprint density at radius 1 is 1.30 bits per heavy atom. The molecule has 0 saturated heterocycles. The van der Waals surface area contributed by atoms with E-state index in [1.165, 1.54) is 0 Å². The van der Waals surface area contributed by atoms with Crippen LogP contribution in [0.3, 0.4) is 0 Å². The number of halogens is 1. The molecule has 0 saturated carbocycles. The number of aliphatic carboxylic acids is 1. The maximum absolute atomic E-state index is 11.5. The molecule has 0 aliphatic rings. The van der Waals surface area contributed by atoms with Crippen LogP contribution in [0.5, 0.6) is 0 Å². The number of hydrogen-bond donors (Lipinski definition) is 3. The second kappa shape index (κ2) is 8.22. The minimum Gasteiger partial charge on any atom is -0.480 e. The Morgan fingerprint density at radius 3 is 2.50 bits per heavy atom. The summed E-state index contributed by atoms with van der Waals surface area (Å²) in [6.45, 7) is 3.52. The first-order chi connectivity index (χ1) is 9.49. The van der Waals surface area contributed by atoms with E-state index < -0.39 is 18.0 Å². The van der Waals surface area contributed by atoms with Crippen LogP contribution in [-0.2, 0) is 11.2 Å². The van der Waals surface area contributed by atoms with Gasteiger partial charge in [0.25, 0.3) is 0 Å². The number of carboxylic acids is 1. The molecule has 0 aliphatic carbocycles. The van der Waals surface area contributed by atoms with E-state index in [0.29, 0.717) is 12.8 Å². The third-order valence-corrected chi connectivity index (χ3v) is 2.74. The number of carboxylic acid groups (broad SMARTS) is 1. The zero-order chi connectivity index (χ0) is 15.0. The number of amides is 2. The second-order valence-electron chi connectivity index (χ2n) is 4.26. The molecule has 0 aliphatic heterocycles. The summed E-state index contributed by atoms with van der Waals surface area (Å²) in [7, 11) is 0. The minimum absolute atomic E-state index is 0.0956. The fourth-order valence-corrected chi connectivity index (χ4v) is 1.67. The molecule has 0 bridgehead atoms. The van der Waals surface area contributed by atoms with Gasteiger partial charge in [0.15, 0.2) is 0 Å². The van der Waals surface area contributed by atoms with Crippen LogP contribution in [0.2, 0.25) is 0 Å². The summed E-state index contributed by atoms with van der Waals surface area (Å²) in [5.41, 5.74) is 1.02. The largest absolute Gasteiger partial charge is 0.480 e. The Balaban J connectivity index is 2.46. The van der Waals surface area contributed by atoms with Gasteiger partial charge in [-0.15, -0.1) is 0 Å². The van der Waals surface area contributed by atoms with Gasteiger partial charge in [-0.05, 0) is 18.4 Å². The van der Waals surface area contributed by atoms with Crippen molar-refractivity contribution in [2.45, 2.75) is 18.9 Å². The van der Waals surface area contributed by atoms with Crippen molar-refractivity contribution in [2.24, 2.45) is 0 Å². The molecule has 2 amide bonds. The Bertz CT molecular complexity index is 477. The normalized spacial score (nSPS) is 11.4. The Morgan fingerprint density at radius 2 is 1.95 bits per heavy atom. The number of benzene rings is 1. The molecule has 3 N–H and O–H groups in total. The second-order valence-corrected chi connectivity index (χ2v) is 4.79. The molecule has 0 fully saturated rings. The predicted octanol–water partition coefficient (Wildman–Crippen LogP) is 2.12. The lowest BCUT2D eigenvalue weighted by molar-refractivity contribution is -0.139. The van der Waals surface area contributed by atoms with Crippen LogP contribution in [-0.4, -0.2) is 29.7 Å². The van der Waals surface area contributed by atoms with Crippen molar-refractivity contribution >= 4 is 23.6 Å². The summed E-state index contributed by atoms with van der Waals surface area (Å²) in [5.74, 6) is -1.07. The topological polar surface area (TPSA) is 78.4 Å². The first-order valence-corrected chi connectivity index (χ1v) is 6.51. The van der Waals surface area contributed by atoms with Crippen LogP contribution in [0.1, 0.15) is 12.0 Å². The van der Waals surface area contributed by atoms with Crippen molar-refractivity contribution in [3.05, 3.63) is 47.5 Å². The van der Waals surface area contributed by atoms with Crippen molar-refractivity contribution in [1.29, 1.82) is 0 Å². The Hall–Kier alpha value is -2.01. The molecule has 1 aromatic rings. The first-order valence-electron chi connectivity index (χ1n) is 6.13. The molecular weight excluding hydrogens is 280 g/mol. The molecule has 20 heavy (non-hydrogen) atoms. The fraction of sp³-hybridized carbons (Fsp3) is 0.286. The van der Waals surface area contributed by atoms with Crippen LogP contribution in [0, 0.1) is 0 Å². The summed E-state index contributed by atoms with van der Waals surface area (Å²) in [6.07, 6.45) is 0.884. The molecule has 1 aromatic carbocycles. The van der Waals surface area contributed by atoms with E-state index in [1.54, 1.807) is 0 Å². The van der Waals surface area contributed by atoms with E-state index in [2.05, 4.69) is 17.2 Å². The molecule has 0 unspecified atom stereocenters. The highest BCUT2D eigenvalue weighted by molar-refractivity contribution is 6.29. The third-order valence-electron chi connectivity index (χ3n) is 2.61. The zero-order valence-electron chi connectivity index (χ0n) is 10.9. The monoisotopic (exact) mass is 296 g/mol. The summed E-state index contributed by atoms with van der Waals surface area (Å²) in [6, 6.07) is 7.97. The van der Waals surface area contributed by atoms with Crippen molar-refractivity contribution < 1.29 is 14.7 Å². The van der Waals surface area contributed by atoms with Gasteiger partial charge < -0.3 is 15.7 Å². The standard InChI is InChI=1S/C14H17ClN2O3/c1-10(15)9-16-14(20)17-12(13(18)19)8-7-11-5-3-2-4-6-11/h2-6,12H,1,7-9H2,(H,18,19)(H2,16,17,20)/t12-/m0/s1. The molecule has 5 nitrogen and oxygen atoms in total. The van der Waals surface area contributed by atoms with Gasteiger partial charge >= 0.3 is 12.0 Å². The summed E-state index contributed by atoms with van der Waals surface area (Å²) < 4.78 is 0. The number of urea groups is 1. The van der Waals surface area contributed by atoms with E-state index in [1.807, 2.05) is 30.3 Å². The molecule has 6 heteroatoms. The average Bonchev–Trinajstić information content (AvgIpc) is 2.42. The average molecular weight is 297 g/mol. The van der Waals surface area contributed by atoms with Gasteiger partial charge in [0.05, 0.1) is 6.54 Å². The molecule has 0 aromatic heterocycles. The maximum atomic E-state index is 11.5. The Labute approximate surface area is 122 Å². The van der Waals surface area contributed by atoms with Crippen LogP contribution in [0.25, 0.3) is 0 Å². The SMILES string of the molecule is C=C(Cl)CNC(=O)N[C@@H](CCc1ccccc1)C(=O)O. The molecule has 0 heterocycles. The van der Waals surface area contributed by atoms with Gasteiger partial charge in [-0.1, -0.05) is 48.5 Å². The third kappa shape index (κ3) is 6.24. The van der Waals surface area contributed by atoms with Crippen molar-refractivity contribution in [3.63, 3.8) is 0 Å². The van der Waals surface area contributed by atoms with Gasteiger partial charge in [0.2, 0.25) is 0 Å². The zero-order valence-corrected chi connectivity index (χ0v) is 11.7. The molecule has 108 valence electrons. The molecule has 0 radical (unpaired) electrons. The van der Waals surface area contributed by atoms with Gasteiger partial charge in [0.1, 0.15) is 6.04 Å². The van der Waals surface area contributed by atoms with Gasteiger partial charge in [-0.2, -0.15) is 0 Å². The highest BCUT2D eigenvalue weighted by atomic mass is 35.5. The van der Waals surface area contributed by atoms with Crippen LogP contribution in [0.15, 0.2) is 41.9 Å². The smallest absolute Gasteiger partial charge is 0.326 e. The maximum Gasteiger partial charge on any atom is 0.326 e. The van der Waals surface area contributed by atoms with Gasteiger partial charge in [0, 0.05) is 5.03 Å². The number of nitrogens with one attached hydrogen (secondary N) is 2. The number of rotatable bonds is 7. The van der Waals surface area contributed by atoms with Crippen LogP contribution < -0.4 is 10.6 Å². The van der Waals surface area contributed by atoms with Crippen LogP contribution >= 0.6 is 11.6 Å². The number of aryl methyl sites for hydroxylation is 1. The predicted molar refractivity (Wildman–Crippen MR) is 77.7 cm³/mol. The summed E-state index contributed by atoms with van der Waals surface area (Å²) in [4.78, 5) is 22.6. The summed E-state index contributed by atoms with van der Waals surface area (Å²) in [5, 5.41) is 14.2. The highest BCUT2D eigenvalue weighted by Gasteiger charge is 2.19. The van der Waals surface area contributed by atoms with Gasteiger partial charge in [-0.3, -0.25) is 0 Å².